The number of hydrogen-bond donors (Lipinski definition) is 2. The van der Waals surface area contributed by atoms with Gasteiger partial charge in [0.15, 0.2) is 18.1 Å². The molecular formula is C18H26N2O3. The lowest BCUT2D eigenvalue weighted by atomic mass is 10.0. The molecule has 23 heavy (non-hydrogen) atoms. The average Bonchev–Trinajstić information content (AvgIpc) is 3.00. The summed E-state index contributed by atoms with van der Waals surface area (Å²) in [6.07, 6.45) is 7.13. The number of nitrogens with two attached hydrogens (primary N) is 1. The SMILES string of the molecule is C/C=C/c1ccc(OCC(=O)NC2CCCC2CN)c(OC)c1. The number of rotatable bonds is 7. The summed E-state index contributed by atoms with van der Waals surface area (Å²) in [5.41, 5.74) is 6.76. The van der Waals surface area contributed by atoms with Crippen LogP contribution < -0.4 is 20.5 Å². The monoisotopic (exact) mass is 318 g/mol. The molecule has 0 heterocycles. The standard InChI is InChI=1S/C18H26N2O3/c1-3-5-13-8-9-16(17(10-13)22-2)23-12-18(21)20-15-7-4-6-14(15)11-19/h3,5,8-10,14-15H,4,6-7,11-12,19H2,1-2H3,(H,20,21)/b5-3+. The summed E-state index contributed by atoms with van der Waals surface area (Å²) in [7, 11) is 1.59. The lowest BCUT2D eigenvalue weighted by molar-refractivity contribution is -0.124. The first-order valence-electron chi connectivity index (χ1n) is 8.11. The molecule has 0 radical (unpaired) electrons. The van der Waals surface area contributed by atoms with Crippen molar-refractivity contribution in [3.63, 3.8) is 0 Å². The Balaban J connectivity index is 1.91. The number of ether oxygens (including phenoxy) is 2. The van der Waals surface area contributed by atoms with Crippen LogP contribution in [0.2, 0.25) is 0 Å². The predicted molar refractivity (Wildman–Crippen MR) is 91.5 cm³/mol. The van der Waals surface area contributed by atoms with Crippen molar-refractivity contribution in [1.82, 2.24) is 5.32 Å². The summed E-state index contributed by atoms with van der Waals surface area (Å²) in [6.45, 7) is 2.55. The van der Waals surface area contributed by atoms with Crippen LogP contribution in [0.1, 0.15) is 31.7 Å². The first-order valence-corrected chi connectivity index (χ1v) is 8.11. The van der Waals surface area contributed by atoms with Crippen LogP contribution >= 0.6 is 0 Å². The fourth-order valence-corrected chi connectivity index (χ4v) is 3.00. The number of benzene rings is 1. The molecule has 1 aliphatic rings. The van der Waals surface area contributed by atoms with Crippen LogP contribution in [0.5, 0.6) is 11.5 Å². The van der Waals surface area contributed by atoms with Gasteiger partial charge in [0, 0.05) is 6.04 Å². The summed E-state index contributed by atoms with van der Waals surface area (Å²) in [5.74, 6) is 1.45. The number of carbonyl (C=O) groups excluding carboxylic acids is 1. The molecule has 3 N–H and O–H groups in total. The Hall–Kier alpha value is -2.01. The summed E-state index contributed by atoms with van der Waals surface area (Å²) < 4.78 is 10.9. The van der Waals surface area contributed by atoms with Gasteiger partial charge < -0.3 is 20.5 Å². The average molecular weight is 318 g/mol. The van der Waals surface area contributed by atoms with Crippen molar-refractivity contribution in [2.75, 3.05) is 20.3 Å². The summed E-state index contributed by atoms with van der Waals surface area (Å²) in [6, 6.07) is 5.81. The number of hydrogen-bond acceptors (Lipinski definition) is 4. The number of carbonyl (C=O) groups is 1. The van der Waals surface area contributed by atoms with Gasteiger partial charge in [-0.2, -0.15) is 0 Å². The molecule has 2 atom stereocenters. The van der Waals surface area contributed by atoms with Gasteiger partial charge in [0.1, 0.15) is 0 Å². The van der Waals surface area contributed by atoms with E-state index in [0.717, 1.165) is 24.8 Å². The Kier molecular flexibility index (Phi) is 6.47. The van der Waals surface area contributed by atoms with Gasteiger partial charge in [0.25, 0.3) is 5.91 Å². The first kappa shape index (κ1) is 17.3. The highest BCUT2D eigenvalue weighted by Crippen LogP contribution is 2.29. The van der Waals surface area contributed by atoms with Gasteiger partial charge in [0.2, 0.25) is 0 Å². The Morgan fingerprint density at radius 2 is 2.22 bits per heavy atom. The van der Waals surface area contributed by atoms with Crippen LogP contribution in [0.25, 0.3) is 6.08 Å². The maximum atomic E-state index is 12.1. The number of amides is 1. The molecule has 0 saturated heterocycles. The molecule has 1 saturated carbocycles. The van der Waals surface area contributed by atoms with Crippen LogP contribution in [0.3, 0.4) is 0 Å². The largest absolute Gasteiger partial charge is 0.493 e. The van der Waals surface area contributed by atoms with E-state index in [-0.39, 0.29) is 18.6 Å². The van der Waals surface area contributed by atoms with Crippen molar-refractivity contribution in [2.45, 2.75) is 32.2 Å². The van der Waals surface area contributed by atoms with E-state index in [1.807, 2.05) is 37.3 Å². The maximum absolute atomic E-state index is 12.1. The molecule has 0 spiro atoms. The number of nitrogens with one attached hydrogen (secondary N) is 1. The van der Waals surface area contributed by atoms with Gasteiger partial charge in [-0.15, -0.1) is 0 Å². The Bertz CT molecular complexity index is 557. The fraction of sp³-hybridized carbons (Fsp3) is 0.500. The van der Waals surface area contributed by atoms with E-state index < -0.39 is 0 Å². The first-order chi connectivity index (χ1) is 11.2. The molecule has 2 rings (SSSR count). The highest BCUT2D eigenvalue weighted by atomic mass is 16.5. The molecule has 126 valence electrons. The molecule has 0 aromatic heterocycles. The van der Waals surface area contributed by atoms with Crippen LogP contribution in [-0.2, 0) is 4.79 Å². The molecule has 5 heteroatoms. The van der Waals surface area contributed by atoms with E-state index in [1.54, 1.807) is 7.11 Å². The molecule has 2 unspecified atom stereocenters. The molecular weight excluding hydrogens is 292 g/mol. The highest BCUT2D eigenvalue weighted by molar-refractivity contribution is 5.78. The van der Waals surface area contributed by atoms with E-state index >= 15 is 0 Å². The quantitative estimate of drug-likeness (QED) is 0.809. The van der Waals surface area contributed by atoms with Crippen LogP contribution in [0.15, 0.2) is 24.3 Å². The van der Waals surface area contributed by atoms with Gasteiger partial charge in [-0.25, -0.2) is 0 Å². The summed E-state index contributed by atoms with van der Waals surface area (Å²) in [5, 5.41) is 3.02. The zero-order chi connectivity index (χ0) is 16.7. The van der Waals surface area contributed by atoms with Crippen molar-refractivity contribution < 1.29 is 14.3 Å². The smallest absolute Gasteiger partial charge is 0.258 e. The second-order valence-electron chi connectivity index (χ2n) is 5.80. The van der Waals surface area contributed by atoms with Crippen LogP contribution in [-0.4, -0.2) is 32.2 Å². The van der Waals surface area contributed by atoms with Gasteiger partial charge in [-0.3, -0.25) is 4.79 Å². The second-order valence-corrected chi connectivity index (χ2v) is 5.80. The highest BCUT2D eigenvalue weighted by Gasteiger charge is 2.27. The molecule has 1 aromatic rings. The normalized spacial score (nSPS) is 20.7. The van der Waals surface area contributed by atoms with Gasteiger partial charge in [-0.05, 0) is 49.9 Å². The van der Waals surface area contributed by atoms with Crippen molar-refractivity contribution in [2.24, 2.45) is 11.7 Å². The van der Waals surface area contributed by atoms with Crippen molar-refractivity contribution in [3.8, 4) is 11.5 Å². The van der Waals surface area contributed by atoms with E-state index in [0.29, 0.717) is 24.0 Å². The van der Waals surface area contributed by atoms with E-state index in [4.69, 9.17) is 15.2 Å². The van der Waals surface area contributed by atoms with Crippen LogP contribution in [0.4, 0.5) is 0 Å². The second kappa shape index (κ2) is 8.58. The van der Waals surface area contributed by atoms with Crippen molar-refractivity contribution in [3.05, 3.63) is 29.8 Å². The van der Waals surface area contributed by atoms with E-state index in [9.17, 15) is 4.79 Å². The minimum Gasteiger partial charge on any atom is -0.493 e. The molecule has 1 fully saturated rings. The maximum Gasteiger partial charge on any atom is 0.258 e. The van der Waals surface area contributed by atoms with Gasteiger partial charge >= 0.3 is 0 Å². The minimum atomic E-state index is -0.116. The lowest BCUT2D eigenvalue weighted by Crippen LogP contribution is -2.42. The third-order valence-electron chi connectivity index (χ3n) is 4.21. The molecule has 0 bridgehead atoms. The Morgan fingerprint density at radius 3 is 2.91 bits per heavy atom. The van der Waals surface area contributed by atoms with Crippen molar-refractivity contribution >= 4 is 12.0 Å². The molecule has 1 amide bonds. The molecule has 5 nitrogen and oxygen atoms in total. The summed E-state index contributed by atoms with van der Waals surface area (Å²) >= 11 is 0. The third kappa shape index (κ3) is 4.73. The van der Waals surface area contributed by atoms with Crippen molar-refractivity contribution in [1.29, 1.82) is 0 Å². The van der Waals surface area contributed by atoms with Gasteiger partial charge in [-0.1, -0.05) is 24.6 Å². The fourth-order valence-electron chi connectivity index (χ4n) is 3.00. The lowest BCUT2D eigenvalue weighted by Gasteiger charge is -2.19. The molecule has 1 aliphatic carbocycles. The Morgan fingerprint density at radius 1 is 1.39 bits per heavy atom. The topological polar surface area (TPSA) is 73.6 Å². The minimum absolute atomic E-state index is 0.0207. The predicted octanol–water partition coefficient (Wildman–Crippen LogP) is 2.35. The third-order valence-corrected chi connectivity index (χ3v) is 4.21. The zero-order valence-corrected chi connectivity index (χ0v) is 13.9. The van der Waals surface area contributed by atoms with E-state index in [2.05, 4.69) is 5.32 Å². The van der Waals surface area contributed by atoms with Crippen LogP contribution in [0, 0.1) is 5.92 Å². The van der Waals surface area contributed by atoms with Gasteiger partial charge in [0.05, 0.1) is 7.11 Å². The molecule has 1 aromatic carbocycles. The van der Waals surface area contributed by atoms with E-state index in [1.165, 1.54) is 0 Å². The zero-order valence-electron chi connectivity index (χ0n) is 13.9. The number of methoxy groups -OCH3 is 1. The molecule has 0 aliphatic heterocycles. The number of allylic oxidation sites excluding steroid dienone is 1. The summed E-state index contributed by atoms with van der Waals surface area (Å²) in [4.78, 5) is 12.1. The Labute approximate surface area is 137 Å².